The Bertz CT molecular complexity index is 786. The van der Waals surface area contributed by atoms with Crippen LogP contribution in [0.25, 0.3) is 0 Å². The molecule has 0 unspecified atom stereocenters. The van der Waals surface area contributed by atoms with Crippen molar-refractivity contribution in [2.45, 2.75) is 6.92 Å². The largest absolute Gasteiger partial charge is 0.321 e. The van der Waals surface area contributed by atoms with Crippen LogP contribution in [0.1, 0.15) is 16.2 Å². The number of pyridine rings is 1. The molecule has 110 valence electrons. The first kappa shape index (κ1) is 14.2. The minimum absolute atomic E-state index is 0.229. The highest BCUT2D eigenvalue weighted by molar-refractivity contribution is 7.14. The molecule has 3 aromatic rings. The van der Waals surface area contributed by atoms with Crippen molar-refractivity contribution in [1.82, 2.24) is 9.97 Å². The molecule has 0 aliphatic rings. The molecule has 0 saturated carbocycles. The van der Waals surface area contributed by atoms with Crippen molar-refractivity contribution in [2.75, 3.05) is 10.6 Å². The van der Waals surface area contributed by atoms with E-state index in [9.17, 15) is 4.79 Å². The molecule has 1 aromatic carbocycles. The third-order valence-electron chi connectivity index (χ3n) is 2.89. The van der Waals surface area contributed by atoms with Gasteiger partial charge in [0, 0.05) is 16.8 Å². The van der Waals surface area contributed by atoms with Gasteiger partial charge in [-0.2, -0.15) is 0 Å². The molecule has 2 N–H and O–H groups in total. The van der Waals surface area contributed by atoms with Crippen molar-refractivity contribution >= 4 is 33.9 Å². The van der Waals surface area contributed by atoms with Crippen LogP contribution < -0.4 is 10.6 Å². The first-order chi connectivity index (χ1) is 10.7. The molecule has 6 heteroatoms. The molecule has 0 fully saturated rings. The molecular formula is C16H14N4OS. The summed E-state index contributed by atoms with van der Waals surface area (Å²) in [6.07, 6.45) is 0. The molecule has 0 bridgehead atoms. The number of rotatable bonds is 4. The maximum Gasteiger partial charge on any atom is 0.275 e. The molecule has 1 amide bonds. The quantitative estimate of drug-likeness (QED) is 0.768. The zero-order valence-electron chi connectivity index (χ0n) is 11.9. The van der Waals surface area contributed by atoms with E-state index < -0.39 is 0 Å². The van der Waals surface area contributed by atoms with Gasteiger partial charge in [-0.05, 0) is 31.2 Å². The summed E-state index contributed by atoms with van der Waals surface area (Å²) >= 11 is 1.37. The second kappa shape index (κ2) is 6.36. The van der Waals surface area contributed by atoms with Gasteiger partial charge in [-0.1, -0.05) is 24.3 Å². The number of anilines is 3. The van der Waals surface area contributed by atoms with E-state index in [1.165, 1.54) is 11.3 Å². The molecular weight excluding hydrogens is 296 g/mol. The summed E-state index contributed by atoms with van der Waals surface area (Å²) in [4.78, 5) is 20.8. The standard InChI is InChI=1S/C16H14N4OS/c1-11-6-5-9-14(17-11)20-16-19-13(10-22-16)15(21)18-12-7-3-2-4-8-12/h2-10H,1H3,(H,18,21)(H,17,19,20). The monoisotopic (exact) mass is 310 g/mol. The van der Waals surface area contributed by atoms with Crippen LogP contribution in [0.5, 0.6) is 0 Å². The number of hydrogen-bond acceptors (Lipinski definition) is 5. The minimum atomic E-state index is -0.229. The van der Waals surface area contributed by atoms with Crippen molar-refractivity contribution < 1.29 is 4.79 Å². The number of carbonyl (C=O) groups excluding carboxylic acids is 1. The molecule has 5 nitrogen and oxygen atoms in total. The van der Waals surface area contributed by atoms with Gasteiger partial charge in [-0.15, -0.1) is 11.3 Å². The zero-order valence-corrected chi connectivity index (χ0v) is 12.7. The van der Waals surface area contributed by atoms with Gasteiger partial charge in [0.1, 0.15) is 11.5 Å². The lowest BCUT2D eigenvalue weighted by molar-refractivity contribution is 0.102. The number of carbonyl (C=O) groups is 1. The van der Waals surface area contributed by atoms with E-state index in [-0.39, 0.29) is 5.91 Å². The van der Waals surface area contributed by atoms with Crippen LogP contribution in [0.3, 0.4) is 0 Å². The maximum atomic E-state index is 12.1. The molecule has 0 saturated heterocycles. The van der Waals surface area contributed by atoms with Crippen LogP contribution in [0.15, 0.2) is 53.9 Å². The molecule has 0 radical (unpaired) electrons. The molecule has 0 atom stereocenters. The molecule has 2 heterocycles. The SMILES string of the molecule is Cc1cccc(Nc2nc(C(=O)Nc3ccccc3)cs2)n1. The Morgan fingerprint density at radius 2 is 1.86 bits per heavy atom. The third kappa shape index (κ3) is 3.48. The molecule has 22 heavy (non-hydrogen) atoms. The first-order valence-corrected chi connectivity index (χ1v) is 7.61. The molecule has 2 aromatic heterocycles. The number of amides is 1. The van der Waals surface area contributed by atoms with Crippen LogP contribution in [-0.2, 0) is 0 Å². The van der Waals surface area contributed by atoms with Crippen LogP contribution in [-0.4, -0.2) is 15.9 Å². The van der Waals surface area contributed by atoms with Crippen molar-refractivity contribution in [2.24, 2.45) is 0 Å². The van der Waals surface area contributed by atoms with E-state index >= 15 is 0 Å². The fraction of sp³-hybridized carbons (Fsp3) is 0.0625. The Hall–Kier alpha value is -2.73. The Labute approximate surface area is 132 Å². The van der Waals surface area contributed by atoms with Gasteiger partial charge >= 0.3 is 0 Å². The van der Waals surface area contributed by atoms with Gasteiger partial charge < -0.3 is 10.6 Å². The van der Waals surface area contributed by atoms with Crippen molar-refractivity contribution in [1.29, 1.82) is 0 Å². The Morgan fingerprint density at radius 3 is 2.64 bits per heavy atom. The molecule has 0 spiro atoms. The number of aryl methyl sites for hydroxylation is 1. The summed E-state index contributed by atoms with van der Waals surface area (Å²) in [6, 6.07) is 15.0. The van der Waals surface area contributed by atoms with Crippen LogP contribution in [0, 0.1) is 6.92 Å². The van der Waals surface area contributed by atoms with E-state index in [0.717, 1.165) is 11.4 Å². The second-order valence-electron chi connectivity index (χ2n) is 4.65. The third-order valence-corrected chi connectivity index (χ3v) is 3.65. The van der Waals surface area contributed by atoms with Gasteiger partial charge in [0.05, 0.1) is 0 Å². The summed E-state index contributed by atoms with van der Waals surface area (Å²) < 4.78 is 0. The van der Waals surface area contributed by atoms with E-state index in [1.807, 2.05) is 55.5 Å². The highest BCUT2D eigenvalue weighted by atomic mass is 32.1. The Morgan fingerprint density at radius 1 is 1.05 bits per heavy atom. The fourth-order valence-corrected chi connectivity index (χ4v) is 2.57. The van der Waals surface area contributed by atoms with Crippen molar-refractivity contribution in [3.63, 3.8) is 0 Å². The van der Waals surface area contributed by atoms with E-state index in [4.69, 9.17) is 0 Å². The van der Waals surface area contributed by atoms with Gasteiger partial charge in [0.25, 0.3) is 5.91 Å². The van der Waals surface area contributed by atoms with Crippen molar-refractivity contribution in [3.05, 3.63) is 65.3 Å². The lowest BCUT2D eigenvalue weighted by Crippen LogP contribution is -2.12. The maximum absolute atomic E-state index is 12.1. The number of thiazole rings is 1. The zero-order chi connectivity index (χ0) is 15.4. The second-order valence-corrected chi connectivity index (χ2v) is 5.51. The van der Waals surface area contributed by atoms with Crippen LogP contribution >= 0.6 is 11.3 Å². The topological polar surface area (TPSA) is 66.9 Å². The first-order valence-electron chi connectivity index (χ1n) is 6.73. The number of nitrogens with one attached hydrogen (secondary N) is 2. The lowest BCUT2D eigenvalue weighted by Gasteiger charge is -2.03. The molecule has 0 aliphatic heterocycles. The van der Waals surface area contributed by atoms with E-state index in [0.29, 0.717) is 16.6 Å². The van der Waals surface area contributed by atoms with E-state index in [1.54, 1.807) is 5.38 Å². The highest BCUT2D eigenvalue weighted by Crippen LogP contribution is 2.20. The predicted octanol–water partition coefficient (Wildman–Crippen LogP) is 3.84. The number of hydrogen-bond donors (Lipinski definition) is 2. The molecule has 3 rings (SSSR count). The van der Waals surface area contributed by atoms with Crippen LogP contribution in [0.4, 0.5) is 16.6 Å². The van der Waals surface area contributed by atoms with Gasteiger partial charge in [0.2, 0.25) is 0 Å². The number of aromatic nitrogens is 2. The minimum Gasteiger partial charge on any atom is -0.321 e. The van der Waals surface area contributed by atoms with Gasteiger partial charge in [-0.3, -0.25) is 4.79 Å². The Kier molecular flexibility index (Phi) is 4.11. The van der Waals surface area contributed by atoms with Gasteiger partial charge in [0.15, 0.2) is 5.13 Å². The number of nitrogens with zero attached hydrogens (tertiary/aromatic N) is 2. The lowest BCUT2D eigenvalue weighted by atomic mass is 10.3. The summed E-state index contributed by atoms with van der Waals surface area (Å²) in [5.41, 5.74) is 2.04. The number of para-hydroxylation sites is 1. The fourth-order valence-electron chi connectivity index (χ4n) is 1.87. The summed E-state index contributed by atoms with van der Waals surface area (Å²) in [7, 11) is 0. The van der Waals surface area contributed by atoms with Crippen LogP contribution in [0.2, 0.25) is 0 Å². The summed E-state index contributed by atoms with van der Waals surface area (Å²) in [6.45, 7) is 1.92. The average molecular weight is 310 g/mol. The summed E-state index contributed by atoms with van der Waals surface area (Å²) in [5, 5.41) is 8.26. The normalized spacial score (nSPS) is 10.2. The predicted molar refractivity (Wildman–Crippen MR) is 88.8 cm³/mol. The molecule has 0 aliphatic carbocycles. The Balaban J connectivity index is 1.69. The van der Waals surface area contributed by atoms with Crippen molar-refractivity contribution in [3.8, 4) is 0 Å². The highest BCUT2D eigenvalue weighted by Gasteiger charge is 2.11. The van der Waals surface area contributed by atoms with Gasteiger partial charge in [-0.25, -0.2) is 9.97 Å². The number of benzene rings is 1. The smallest absolute Gasteiger partial charge is 0.275 e. The average Bonchev–Trinajstić information content (AvgIpc) is 2.97. The van der Waals surface area contributed by atoms with E-state index in [2.05, 4.69) is 20.6 Å². The summed E-state index contributed by atoms with van der Waals surface area (Å²) in [5.74, 6) is 0.483.